The van der Waals surface area contributed by atoms with E-state index in [-0.39, 0.29) is 12.8 Å². The maximum Gasteiger partial charge on any atom is 0.436 e. The van der Waals surface area contributed by atoms with Gasteiger partial charge in [0.25, 0.3) is 11.8 Å². The van der Waals surface area contributed by atoms with Crippen LogP contribution in [0.2, 0.25) is 0 Å². The zero-order valence-electron chi connectivity index (χ0n) is 14.2. The van der Waals surface area contributed by atoms with E-state index in [0.717, 1.165) is 22.2 Å². The Morgan fingerprint density at radius 2 is 1.70 bits per heavy atom. The van der Waals surface area contributed by atoms with Crippen molar-refractivity contribution in [3.8, 4) is 11.3 Å². The number of nitrogens with zero attached hydrogens (tertiary/aromatic N) is 2. The van der Waals surface area contributed by atoms with E-state index in [1.807, 2.05) is 42.5 Å². The summed E-state index contributed by atoms with van der Waals surface area (Å²) in [5.74, 6) is -1.04. The third kappa shape index (κ3) is 3.48. The Labute approximate surface area is 154 Å². The fourth-order valence-corrected chi connectivity index (χ4v) is 2.85. The number of hydroxylamine groups is 2. The Kier molecular flexibility index (Phi) is 4.25. The summed E-state index contributed by atoms with van der Waals surface area (Å²) in [5, 5.41) is 3.85. The van der Waals surface area contributed by atoms with Gasteiger partial charge in [-0.15, -0.1) is 5.06 Å². The molecule has 0 aliphatic carbocycles. The van der Waals surface area contributed by atoms with E-state index in [1.54, 1.807) is 18.2 Å². The van der Waals surface area contributed by atoms with Crippen LogP contribution in [0.5, 0.6) is 0 Å². The molecule has 0 bridgehead atoms. The summed E-state index contributed by atoms with van der Waals surface area (Å²) in [4.78, 5) is 44.3. The van der Waals surface area contributed by atoms with Gasteiger partial charge in [0, 0.05) is 29.5 Å². The van der Waals surface area contributed by atoms with Crippen molar-refractivity contribution in [1.29, 1.82) is 0 Å². The summed E-state index contributed by atoms with van der Waals surface area (Å²) in [6.45, 7) is 0. The molecular weight excluding hydrogens is 346 g/mol. The van der Waals surface area contributed by atoms with E-state index in [4.69, 9.17) is 4.84 Å². The van der Waals surface area contributed by atoms with E-state index in [2.05, 4.69) is 10.3 Å². The second-order valence-corrected chi connectivity index (χ2v) is 6.06. The lowest BCUT2D eigenvalue weighted by Gasteiger charge is -2.13. The number of carbonyl (C=O) groups excluding carboxylic acids is 3. The first-order valence-electron chi connectivity index (χ1n) is 8.41. The molecule has 3 aromatic rings. The summed E-state index contributed by atoms with van der Waals surface area (Å²) in [7, 11) is 0. The number of fused-ring (bicyclic) bond motifs is 1. The maximum atomic E-state index is 11.9. The fourth-order valence-electron chi connectivity index (χ4n) is 2.85. The highest BCUT2D eigenvalue weighted by atomic mass is 16.7. The minimum absolute atomic E-state index is 0.0531. The number of hydrogen-bond acceptors (Lipinski definition) is 5. The van der Waals surface area contributed by atoms with Crippen LogP contribution in [-0.4, -0.2) is 28.0 Å². The van der Waals surface area contributed by atoms with Crippen molar-refractivity contribution in [3.63, 3.8) is 0 Å². The topological polar surface area (TPSA) is 88.6 Å². The third-order valence-electron chi connectivity index (χ3n) is 4.19. The Bertz CT molecular complexity index is 1030. The molecule has 0 unspecified atom stereocenters. The molecule has 2 heterocycles. The number of nitrogens with one attached hydrogen (secondary N) is 1. The van der Waals surface area contributed by atoms with Crippen LogP contribution in [0.4, 0.5) is 10.5 Å². The molecule has 0 atom stereocenters. The number of amides is 3. The van der Waals surface area contributed by atoms with Crippen molar-refractivity contribution in [2.24, 2.45) is 0 Å². The molecule has 1 N–H and O–H groups in total. The van der Waals surface area contributed by atoms with E-state index in [9.17, 15) is 14.4 Å². The largest absolute Gasteiger partial charge is 0.436 e. The van der Waals surface area contributed by atoms with Crippen LogP contribution in [0, 0.1) is 0 Å². The summed E-state index contributed by atoms with van der Waals surface area (Å²) in [6.07, 6.45) is -0.790. The first kappa shape index (κ1) is 16.7. The molecule has 1 aliphatic heterocycles. The van der Waals surface area contributed by atoms with Crippen molar-refractivity contribution in [1.82, 2.24) is 10.0 Å². The van der Waals surface area contributed by atoms with Crippen LogP contribution in [0.1, 0.15) is 12.8 Å². The number of hydrogen-bond donors (Lipinski definition) is 1. The molecule has 1 aliphatic rings. The number of aromatic nitrogens is 1. The van der Waals surface area contributed by atoms with Gasteiger partial charge in [-0.05, 0) is 24.3 Å². The smallest absolute Gasteiger partial charge is 0.311 e. The molecule has 3 amide bonds. The van der Waals surface area contributed by atoms with Gasteiger partial charge < -0.3 is 4.84 Å². The molecule has 0 radical (unpaired) electrons. The summed E-state index contributed by atoms with van der Waals surface area (Å²) in [5.41, 5.74) is 3.13. The van der Waals surface area contributed by atoms with Gasteiger partial charge in [-0.1, -0.05) is 36.4 Å². The van der Waals surface area contributed by atoms with Gasteiger partial charge in [0.05, 0.1) is 11.2 Å². The van der Waals surface area contributed by atoms with Crippen molar-refractivity contribution in [2.75, 3.05) is 5.32 Å². The predicted molar refractivity (Wildman–Crippen MR) is 98.4 cm³/mol. The second kappa shape index (κ2) is 6.87. The molecule has 1 fully saturated rings. The lowest BCUT2D eigenvalue weighted by Crippen LogP contribution is -2.33. The van der Waals surface area contributed by atoms with E-state index in [1.165, 1.54) is 0 Å². The Morgan fingerprint density at radius 1 is 0.963 bits per heavy atom. The molecule has 0 saturated carbocycles. The number of pyridine rings is 1. The van der Waals surface area contributed by atoms with Crippen LogP contribution in [-0.2, 0) is 14.4 Å². The van der Waals surface area contributed by atoms with Crippen LogP contribution in [0.25, 0.3) is 22.2 Å². The summed E-state index contributed by atoms with van der Waals surface area (Å²) < 4.78 is 0. The lowest BCUT2D eigenvalue weighted by molar-refractivity contribution is -0.170. The Hall–Kier alpha value is -3.74. The van der Waals surface area contributed by atoms with Gasteiger partial charge in [-0.25, -0.2) is 9.78 Å². The average molecular weight is 361 g/mol. The normalized spacial score (nSPS) is 13.9. The van der Waals surface area contributed by atoms with Gasteiger partial charge in [0.15, 0.2) is 0 Å². The van der Waals surface area contributed by atoms with Gasteiger partial charge in [0.1, 0.15) is 0 Å². The zero-order valence-corrected chi connectivity index (χ0v) is 14.2. The van der Waals surface area contributed by atoms with E-state index in [0.29, 0.717) is 10.8 Å². The number of anilines is 1. The lowest BCUT2D eigenvalue weighted by atomic mass is 10.1. The van der Waals surface area contributed by atoms with Crippen molar-refractivity contribution in [2.45, 2.75) is 12.8 Å². The molecule has 7 heteroatoms. The first-order valence-corrected chi connectivity index (χ1v) is 8.41. The second-order valence-electron chi connectivity index (χ2n) is 6.06. The van der Waals surface area contributed by atoms with Crippen LogP contribution >= 0.6 is 0 Å². The molecular formula is C20H15N3O4. The molecule has 2 aromatic carbocycles. The van der Waals surface area contributed by atoms with Crippen LogP contribution in [0.3, 0.4) is 0 Å². The quantitative estimate of drug-likeness (QED) is 0.721. The molecule has 1 aromatic heterocycles. The highest BCUT2D eigenvalue weighted by Gasteiger charge is 2.32. The molecule has 4 rings (SSSR count). The first-order chi connectivity index (χ1) is 13.1. The zero-order chi connectivity index (χ0) is 18.8. The van der Waals surface area contributed by atoms with Gasteiger partial charge in [0.2, 0.25) is 0 Å². The predicted octanol–water partition coefficient (Wildman–Crippen LogP) is 3.51. The minimum Gasteiger partial charge on any atom is -0.311 e. The minimum atomic E-state index is -0.896. The monoisotopic (exact) mass is 361 g/mol. The standard InChI is InChI=1S/C20H15N3O4/c24-18-10-11-19(25)23(18)27-20(26)21-15-7-9-17-14(12-15)6-8-16(22-17)13-4-2-1-3-5-13/h1-9,12H,10-11H2,(H,21,26). The van der Waals surface area contributed by atoms with Crippen molar-refractivity contribution >= 4 is 34.5 Å². The molecule has 7 nitrogen and oxygen atoms in total. The summed E-state index contributed by atoms with van der Waals surface area (Å²) >= 11 is 0. The summed E-state index contributed by atoms with van der Waals surface area (Å²) in [6, 6.07) is 18.9. The highest BCUT2D eigenvalue weighted by molar-refractivity contribution is 6.02. The SMILES string of the molecule is O=C(Nc1ccc2nc(-c3ccccc3)ccc2c1)ON1C(=O)CCC1=O. The fraction of sp³-hybridized carbons (Fsp3) is 0.100. The van der Waals surface area contributed by atoms with Crippen LogP contribution < -0.4 is 5.32 Å². The number of rotatable bonds is 3. The van der Waals surface area contributed by atoms with E-state index >= 15 is 0 Å². The molecule has 0 spiro atoms. The van der Waals surface area contributed by atoms with Crippen molar-refractivity contribution < 1.29 is 19.2 Å². The average Bonchev–Trinajstić information content (AvgIpc) is 3.00. The maximum absolute atomic E-state index is 11.9. The van der Waals surface area contributed by atoms with Gasteiger partial charge >= 0.3 is 6.09 Å². The number of imide groups is 1. The molecule has 27 heavy (non-hydrogen) atoms. The van der Waals surface area contributed by atoms with Crippen molar-refractivity contribution in [3.05, 3.63) is 60.7 Å². The van der Waals surface area contributed by atoms with Gasteiger partial charge in [-0.3, -0.25) is 14.9 Å². The number of benzene rings is 2. The number of carbonyl (C=O) groups is 3. The third-order valence-corrected chi connectivity index (χ3v) is 4.19. The van der Waals surface area contributed by atoms with Crippen LogP contribution in [0.15, 0.2) is 60.7 Å². The molecule has 134 valence electrons. The Morgan fingerprint density at radius 3 is 2.44 bits per heavy atom. The molecule has 1 saturated heterocycles. The van der Waals surface area contributed by atoms with Gasteiger partial charge in [-0.2, -0.15) is 0 Å². The highest BCUT2D eigenvalue weighted by Crippen LogP contribution is 2.23. The Balaban J connectivity index is 1.51. The van der Waals surface area contributed by atoms with E-state index < -0.39 is 17.9 Å².